The molecule has 1 amide bonds. The third kappa shape index (κ3) is 2.45. The fourth-order valence-corrected chi connectivity index (χ4v) is 2.26. The third-order valence-electron chi connectivity index (χ3n) is 2.63. The Morgan fingerprint density at radius 3 is 2.72 bits per heavy atom. The van der Waals surface area contributed by atoms with Crippen LogP contribution in [0.5, 0.6) is 0 Å². The zero-order valence-electron chi connectivity index (χ0n) is 8.94. The van der Waals surface area contributed by atoms with E-state index in [-0.39, 0.29) is 35.3 Å². The molecule has 0 spiro atoms. The fourth-order valence-electron chi connectivity index (χ4n) is 1.86. The molecule has 0 aromatic heterocycles. The molecule has 0 saturated carbocycles. The summed E-state index contributed by atoms with van der Waals surface area (Å²) < 4.78 is 0. The number of hydrogen-bond donors (Lipinski definition) is 1. The second kappa shape index (κ2) is 5.65. The molecule has 0 unspecified atom stereocenters. The van der Waals surface area contributed by atoms with Gasteiger partial charge in [0.25, 0.3) is 0 Å². The summed E-state index contributed by atoms with van der Waals surface area (Å²) in [4.78, 5) is 17.4. The molecule has 98 valence electrons. The van der Waals surface area contributed by atoms with E-state index < -0.39 is 0 Å². The lowest BCUT2D eigenvalue weighted by atomic mass is 10.1. The lowest BCUT2D eigenvalue weighted by Crippen LogP contribution is -2.32. The molecule has 1 N–H and O–H groups in total. The van der Waals surface area contributed by atoms with Crippen LogP contribution in [0.3, 0.4) is 0 Å². The van der Waals surface area contributed by atoms with E-state index in [1.807, 2.05) is 4.90 Å². The molecule has 1 aromatic rings. The normalized spacial score (nSPS) is 15.8. The quantitative estimate of drug-likeness (QED) is 0.760. The molecule has 4 nitrogen and oxygen atoms in total. The zero-order valence-corrected chi connectivity index (χ0v) is 13.0. The maximum atomic E-state index is 11.2. The van der Waals surface area contributed by atoms with Crippen LogP contribution in [0.2, 0.25) is 10.0 Å². The van der Waals surface area contributed by atoms with Gasteiger partial charge in [-0.1, -0.05) is 23.2 Å². The summed E-state index contributed by atoms with van der Waals surface area (Å²) in [5, 5.41) is 3.72. The number of fused-ring (bicyclic) bond motifs is 2. The van der Waals surface area contributed by atoms with Crippen molar-refractivity contribution in [3.8, 4) is 0 Å². The van der Waals surface area contributed by atoms with Gasteiger partial charge in [-0.3, -0.25) is 10.1 Å². The highest BCUT2D eigenvalue weighted by Crippen LogP contribution is 2.36. The summed E-state index contributed by atoms with van der Waals surface area (Å²) in [6.45, 7) is 0.882. The van der Waals surface area contributed by atoms with Crippen molar-refractivity contribution in [2.45, 2.75) is 6.54 Å². The predicted molar refractivity (Wildman–Crippen MR) is 79.7 cm³/mol. The molecule has 0 bridgehead atoms. The summed E-state index contributed by atoms with van der Waals surface area (Å²) in [7, 11) is 0. The van der Waals surface area contributed by atoms with Gasteiger partial charge in [0.15, 0.2) is 0 Å². The van der Waals surface area contributed by atoms with E-state index in [1.165, 1.54) is 0 Å². The second-order valence-electron chi connectivity index (χ2n) is 3.70. The van der Waals surface area contributed by atoms with Crippen molar-refractivity contribution in [2.24, 2.45) is 4.99 Å². The van der Waals surface area contributed by atoms with Crippen LogP contribution < -0.4 is 5.32 Å². The van der Waals surface area contributed by atoms with Gasteiger partial charge in [0.1, 0.15) is 6.54 Å². The second-order valence-corrected chi connectivity index (χ2v) is 4.48. The van der Waals surface area contributed by atoms with Crippen LogP contribution in [0.1, 0.15) is 5.56 Å². The molecule has 1 fully saturated rings. The molecule has 0 radical (unpaired) electrons. The van der Waals surface area contributed by atoms with Gasteiger partial charge in [0.2, 0.25) is 11.9 Å². The Bertz CT molecular complexity index is 535. The van der Waals surface area contributed by atoms with E-state index in [0.717, 1.165) is 11.3 Å². The van der Waals surface area contributed by atoms with E-state index in [4.69, 9.17) is 23.2 Å². The number of nitrogens with zero attached hydrogens (tertiary/aromatic N) is 2. The number of aliphatic imine (C=N–C) groups is 1. The maximum absolute atomic E-state index is 11.2. The van der Waals surface area contributed by atoms with Gasteiger partial charge in [-0.15, -0.1) is 29.4 Å². The largest absolute Gasteiger partial charge is 0.329 e. The van der Waals surface area contributed by atoms with Crippen LogP contribution in [-0.2, 0) is 11.3 Å². The Morgan fingerprint density at radius 1 is 1.28 bits per heavy atom. The topological polar surface area (TPSA) is 44.7 Å². The highest BCUT2D eigenvalue weighted by molar-refractivity contribution is 8.93. The van der Waals surface area contributed by atoms with Crippen molar-refractivity contribution < 1.29 is 4.79 Å². The Balaban J connectivity index is 0.000000810. The van der Waals surface area contributed by atoms with E-state index >= 15 is 0 Å². The van der Waals surface area contributed by atoms with Crippen molar-refractivity contribution in [2.75, 3.05) is 6.54 Å². The van der Waals surface area contributed by atoms with E-state index in [9.17, 15) is 4.79 Å². The molecule has 2 aliphatic rings. The van der Waals surface area contributed by atoms with E-state index in [1.54, 1.807) is 12.1 Å². The summed E-state index contributed by atoms with van der Waals surface area (Å²) >= 11 is 12.0. The molecule has 3 rings (SSSR count). The summed E-state index contributed by atoms with van der Waals surface area (Å²) in [6.07, 6.45) is 0. The van der Waals surface area contributed by atoms with Crippen LogP contribution in [0.25, 0.3) is 0 Å². The number of carbonyl (C=O) groups is 1. The van der Waals surface area contributed by atoms with E-state index in [2.05, 4.69) is 10.3 Å². The SMILES string of the molecule is Br.Cl.O=C1CN2Cc3c(ccc(Cl)c3Cl)N=C2N1. The third-order valence-corrected chi connectivity index (χ3v) is 3.48. The Morgan fingerprint density at radius 2 is 2.00 bits per heavy atom. The molecule has 0 atom stereocenters. The first kappa shape index (κ1) is 15.6. The van der Waals surface area contributed by atoms with Crippen LogP contribution in [0, 0.1) is 0 Å². The smallest absolute Gasteiger partial charge is 0.246 e. The fraction of sp³-hybridized carbons (Fsp3) is 0.200. The van der Waals surface area contributed by atoms with Crippen LogP contribution in [-0.4, -0.2) is 23.3 Å². The minimum atomic E-state index is -0.0474. The minimum Gasteiger partial charge on any atom is -0.329 e. The lowest BCUT2D eigenvalue weighted by Gasteiger charge is -2.23. The number of carbonyl (C=O) groups excluding carboxylic acids is 1. The molecule has 0 aliphatic carbocycles. The van der Waals surface area contributed by atoms with Crippen molar-refractivity contribution in [3.63, 3.8) is 0 Å². The summed E-state index contributed by atoms with van der Waals surface area (Å²) in [5.41, 5.74) is 1.64. The standard InChI is InChI=1S/C10H7Cl2N3O.BrH.ClH/c11-6-1-2-7-5(9(6)12)3-15-4-8(16)14-10(15)13-7;;/h1-2H,3-4H2,(H,13,14,16);2*1H. The van der Waals surface area contributed by atoms with Gasteiger partial charge in [0, 0.05) is 5.56 Å². The van der Waals surface area contributed by atoms with Crippen molar-refractivity contribution in [1.82, 2.24) is 10.2 Å². The zero-order chi connectivity index (χ0) is 11.3. The first-order valence-corrected chi connectivity index (χ1v) is 5.51. The average Bonchev–Trinajstić information content (AvgIpc) is 2.61. The lowest BCUT2D eigenvalue weighted by molar-refractivity contribution is -0.118. The molecule has 1 aromatic carbocycles. The van der Waals surface area contributed by atoms with Crippen LogP contribution in [0.4, 0.5) is 5.69 Å². The highest BCUT2D eigenvalue weighted by Gasteiger charge is 2.30. The number of halogens is 4. The Hall–Kier alpha value is -0.490. The number of nitrogens with one attached hydrogen (secondary N) is 1. The number of hydrogen-bond acceptors (Lipinski definition) is 3. The highest BCUT2D eigenvalue weighted by atomic mass is 79.9. The van der Waals surface area contributed by atoms with E-state index in [0.29, 0.717) is 29.1 Å². The van der Waals surface area contributed by atoms with Gasteiger partial charge >= 0.3 is 0 Å². The van der Waals surface area contributed by atoms with Gasteiger partial charge in [-0.05, 0) is 12.1 Å². The first-order valence-electron chi connectivity index (χ1n) is 4.75. The maximum Gasteiger partial charge on any atom is 0.246 e. The molecule has 2 aliphatic heterocycles. The molecule has 1 saturated heterocycles. The van der Waals surface area contributed by atoms with Crippen molar-refractivity contribution in [1.29, 1.82) is 0 Å². The van der Waals surface area contributed by atoms with Crippen molar-refractivity contribution in [3.05, 3.63) is 27.7 Å². The molecule has 2 heterocycles. The molecule has 8 heteroatoms. The van der Waals surface area contributed by atoms with Crippen molar-refractivity contribution >= 4 is 70.1 Å². The minimum absolute atomic E-state index is 0. The Kier molecular flexibility index (Phi) is 4.89. The molecular formula is C10H9BrCl3N3O. The van der Waals surface area contributed by atoms with Crippen LogP contribution >= 0.6 is 52.6 Å². The number of guanidine groups is 1. The summed E-state index contributed by atoms with van der Waals surface area (Å²) in [6, 6.07) is 3.51. The number of rotatable bonds is 0. The van der Waals surface area contributed by atoms with Gasteiger partial charge in [0.05, 0.1) is 22.3 Å². The first-order chi connectivity index (χ1) is 7.65. The van der Waals surface area contributed by atoms with Gasteiger partial charge < -0.3 is 4.90 Å². The predicted octanol–water partition coefficient (Wildman–Crippen LogP) is 2.93. The molecule has 18 heavy (non-hydrogen) atoms. The summed E-state index contributed by atoms with van der Waals surface area (Å²) in [5.74, 6) is 0.546. The van der Waals surface area contributed by atoms with Gasteiger partial charge in [-0.25, -0.2) is 4.99 Å². The monoisotopic (exact) mass is 371 g/mol. The van der Waals surface area contributed by atoms with Crippen LogP contribution in [0.15, 0.2) is 17.1 Å². The Labute approximate surface area is 131 Å². The average molecular weight is 373 g/mol. The number of benzene rings is 1. The molecular weight excluding hydrogens is 364 g/mol. The van der Waals surface area contributed by atoms with Gasteiger partial charge in [-0.2, -0.15) is 0 Å². The number of amides is 1.